The molecule has 0 aliphatic heterocycles. The third-order valence-electron chi connectivity index (χ3n) is 2.15. The fourth-order valence-electron chi connectivity index (χ4n) is 1.36. The largest absolute Gasteiger partial charge is 0.488 e. The minimum Gasteiger partial charge on any atom is -0.488 e. The van der Waals surface area contributed by atoms with Crippen LogP contribution in [0.25, 0.3) is 0 Å². The van der Waals surface area contributed by atoms with Crippen molar-refractivity contribution in [1.29, 1.82) is 0 Å². The minimum absolute atomic E-state index is 0.121. The van der Waals surface area contributed by atoms with Crippen LogP contribution in [0.1, 0.15) is 10.4 Å². The van der Waals surface area contributed by atoms with Gasteiger partial charge >= 0.3 is 0 Å². The molecule has 1 aromatic carbocycles. The number of hydrazone groups is 1. The van der Waals surface area contributed by atoms with Crippen molar-refractivity contribution >= 4 is 46.5 Å². The van der Waals surface area contributed by atoms with Crippen LogP contribution in [-0.4, -0.2) is 16.3 Å². The molecule has 0 radical (unpaired) electrons. The van der Waals surface area contributed by atoms with Crippen molar-refractivity contribution < 1.29 is 4.74 Å². The number of nitrogens with two attached hydrogens (primary N) is 1. The van der Waals surface area contributed by atoms with E-state index in [1.807, 2.05) is 24.3 Å². The van der Waals surface area contributed by atoms with Gasteiger partial charge in [-0.3, -0.25) is 5.43 Å². The zero-order valence-electron chi connectivity index (χ0n) is 10.2. The summed E-state index contributed by atoms with van der Waals surface area (Å²) in [6.45, 7) is 0.427. The second kappa shape index (κ2) is 7.18. The molecule has 0 amide bonds. The lowest BCUT2D eigenvalue weighted by molar-refractivity contribution is 0.309. The van der Waals surface area contributed by atoms with Crippen LogP contribution < -0.4 is 15.9 Å². The van der Waals surface area contributed by atoms with E-state index in [4.69, 9.17) is 22.1 Å². The van der Waals surface area contributed by atoms with Gasteiger partial charge in [-0.25, -0.2) is 4.98 Å². The Labute approximate surface area is 130 Å². The van der Waals surface area contributed by atoms with Crippen LogP contribution in [-0.2, 0) is 6.61 Å². The number of nitrogens with one attached hydrogen (secondary N) is 1. The molecule has 0 aliphatic carbocycles. The van der Waals surface area contributed by atoms with Gasteiger partial charge in [-0.2, -0.15) is 5.10 Å². The van der Waals surface area contributed by atoms with Crippen LogP contribution in [0, 0.1) is 0 Å². The van der Waals surface area contributed by atoms with E-state index in [1.165, 1.54) is 11.3 Å². The topological polar surface area (TPSA) is 72.5 Å². The summed E-state index contributed by atoms with van der Waals surface area (Å²) in [7, 11) is 0. The molecule has 8 heteroatoms. The summed E-state index contributed by atoms with van der Waals surface area (Å²) in [5, 5.41) is 4.00. The molecule has 5 nitrogen and oxygen atoms in total. The Balaban J connectivity index is 1.95. The zero-order chi connectivity index (χ0) is 14.4. The molecule has 0 fully saturated rings. The molecule has 3 N–H and O–H groups in total. The molecule has 0 unspecified atom stereocenters. The highest BCUT2D eigenvalue weighted by atomic mass is 35.5. The number of hydrogen-bond donors (Lipinski definition) is 2. The van der Waals surface area contributed by atoms with E-state index in [-0.39, 0.29) is 5.11 Å². The molecule has 1 aromatic heterocycles. The van der Waals surface area contributed by atoms with Gasteiger partial charge in [0.1, 0.15) is 12.4 Å². The van der Waals surface area contributed by atoms with Crippen LogP contribution >= 0.6 is 35.2 Å². The smallest absolute Gasteiger partial charge is 0.184 e. The Morgan fingerprint density at radius 1 is 1.60 bits per heavy atom. The Bertz CT molecular complexity index is 629. The summed E-state index contributed by atoms with van der Waals surface area (Å²) < 4.78 is 6.16. The normalized spacial score (nSPS) is 10.7. The van der Waals surface area contributed by atoms with Crippen molar-refractivity contribution in [2.24, 2.45) is 10.8 Å². The average Bonchev–Trinajstić information content (AvgIpc) is 2.82. The fourth-order valence-corrected chi connectivity index (χ4v) is 2.30. The van der Waals surface area contributed by atoms with Gasteiger partial charge in [-0.1, -0.05) is 23.7 Å². The van der Waals surface area contributed by atoms with Crippen molar-refractivity contribution in [2.75, 3.05) is 0 Å². The predicted molar refractivity (Wildman–Crippen MR) is 85.4 cm³/mol. The molecular formula is C12H11ClN4OS2. The maximum absolute atomic E-state index is 5.76. The first-order valence-corrected chi connectivity index (χ1v) is 7.15. The summed E-state index contributed by atoms with van der Waals surface area (Å²) in [4.78, 5) is 4.92. The van der Waals surface area contributed by atoms with Gasteiger partial charge in [0.15, 0.2) is 9.58 Å². The fraction of sp³-hybridized carbons (Fsp3) is 0.0833. The first-order chi connectivity index (χ1) is 9.63. The maximum atomic E-state index is 5.76. The SMILES string of the molecule is NC(=S)NN=Cc1cccc(OCc2cnc(Cl)s2)c1. The van der Waals surface area contributed by atoms with Crippen LogP contribution in [0.2, 0.25) is 4.47 Å². The molecule has 0 bridgehead atoms. The Morgan fingerprint density at radius 2 is 2.45 bits per heavy atom. The lowest BCUT2D eigenvalue weighted by atomic mass is 10.2. The minimum atomic E-state index is 0.121. The van der Waals surface area contributed by atoms with E-state index >= 15 is 0 Å². The van der Waals surface area contributed by atoms with Crippen molar-refractivity contribution in [2.45, 2.75) is 6.61 Å². The Morgan fingerprint density at radius 3 is 3.15 bits per heavy atom. The number of thiocarbonyl (C=S) groups is 1. The molecule has 0 saturated heterocycles. The molecule has 1 heterocycles. The van der Waals surface area contributed by atoms with Crippen molar-refractivity contribution in [3.8, 4) is 5.75 Å². The monoisotopic (exact) mass is 326 g/mol. The standard InChI is InChI=1S/C12H11ClN4OS2/c13-11-15-6-10(20-11)7-18-9-3-1-2-8(4-9)5-16-17-12(14)19/h1-6H,7H2,(H3,14,17,19). The van der Waals surface area contributed by atoms with E-state index in [9.17, 15) is 0 Å². The molecule has 0 aliphatic rings. The van der Waals surface area contributed by atoms with Gasteiger partial charge in [0.25, 0.3) is 0 Å². The molecule has 2 rings (SSSR count). The average molecular weight is 327 g/mol. The number of benzene rings is 1. The lowest BCUT2D eigenvalue weighted by Crippen LogP contribution is -2.23. The van der Waals surface area contributed by atoms with Crippen molar-refractivity contribution in [1.82, 2.24) is 10.4 Å². The van der Waals surface area contributed by atoms with E-state index in [0.29, 0.717) is 11.1 Å². The quantitative estimate of drug-likeness (QED) is 0.502. The van der Waals surface area contributed by atoms with Crippen molar-refractivity contribution in [3.63, 3.8) is 0 Å². The molecular weight excluding hydrogens is 316 g/mol. The zero-order valence-corrected chi connectivity index (χ0v) is 12.6. The van der Waals surface area contributed by atoms with E-state index in [1.54, 1.807) is 12.4 Å². The third kappa shape index (κ3) is 4.76. The number of aromatic nitrogens is 1. The van der Waals surface area contributed by atoms with Crippen LogP contribution in [0.15, 0.2) is 35.6 Å². The highest BCUT2D eigenvalue weighted by molar-refractivity contribution is 7.80. The first-order valence-electron chi connectivity index (χ1n) is 5.55. The van der Waals surface area contributed by atoms with Crippen LogP contribution in [0.4, 0.5) is 0 Å². The number of nitrogens with zero attached hydrogens (tertiary/aromatic N) is 2. The van der Waals surface area contributed by atoms with Gasteiger partial charge in [-0.15, -0.1) is 11.3 Å². The molecule has 104 valence electrons. The summed E-state index contributed by atoms with van der Waals surface area (Å²) in [6.07, 6.45) is 3.31. The number of halogens is 1. The van der Waals surface area contributed by atoms with Gasteiger partial charge in [-0.05, 0) is 29.9 Å². The molecule has 0 saturated carbocycles. The molecule has 20 heavy (non-hydrogen) atoms. The van der Waals surface area contributed by atoms with E-state index < -0.39 is 0 Å². The van der Waals surface area contributed by atoms with E-state index in [2.05, 4.69) is 27.7 Å². The van der Waals surface area contributed by atoms with Gasteiger partial charge in [0.05, 0.1) is 11.1 Å². The summed E-state index contributed by atoms with van der Waals surface area (Å²) in [5.74, 6) is 0.730. The Kier molecular flexibility index (Phi) is 5.28. The number of thiazole rings is 1. The van der Waals surface area contributed by atoms with Crippen molar-refractivity contribution in [3.05, 3.63) is 45.4 Å². The second-order valence-corrected chi connectivity index (χ2v) is 5.81. The lowest BCUT2D eigenvalue weighted by Gasteiger charge is -2.04. The Hall–Kier alpha value is -1.70. The summed E-state index contributed by atoms with van der Waals surface area (Å²) in [5.41, 5.74) is 8.63. The predicted octanol–water partition coefficient (Wildman–Crippen LogP) is 2.54. The van der Waals surface area contributed by atoms with E-state index in [0.717, 1.165) is 16.2 Å². The van der Waals surface area contributed by atoms with Gasteiger partial charge in [0.2, 0.25) is 0 Å². The first kappa shape index (κ1) is 14.7. The third-order valence-corrected chi connectivity index (χ3v) is 3.33. The number of ether oxygens (including phenoxy) is 1. The van der Waals surface area contributed by atoms with Crippen LogP contribution in [0.5, 0.6) is 5.75 Å². The number of hydrogen-bond acceptors (Lipinski definition) is 5. The number of rotatable bonds is 5. The van der Waals surface area contributed by atoms with Gasteiger partial charge < -0.3 is 10.5 Å². The van der Waals surface area contributed by atoms with Crippen LogP contribution in [0.3, 0.4) is 0 Å². The molecule has 0 spiro atoms. The molecule has 2 aromatic rings. The highest BCUT2D eigenvalue weighted by Gasteiger charge is 2.01. The van der Waals surface area contributed by atoms with Gasteiger partial charge in [0, 0.05) is 6.20 Å². The summed E-state index contributed by atoms with van der Waals surface area (Å²) in [6, 6.07) is 7.48. The second-order valence-electron chi connectivity index (χ2n) is 3.67. The highest BCUT2D eigenvalue weighted by Crippen LogP contribution is 2.20. The maximum Gasteiger partial charge on any atom is 0.184 e. The molecule has 0 atom stereocenters. The summed E-state index contributed by atoms with van der Waals surface area (Å²) >= 11 is 11.8.